The monoisotopic (exact) mass is 440 g/mol. The minimum Gasteiger partial charge on any atom is -0.462 e. The zero-order valence-corrected chi connectivity index (χ0v) is 19.2. The van der Waals surface area contributed by atoms with Gasteiger partial charge in [-0.1, -0.05) is 30.3 Å². The van der Waals surface area contributed by atoms with Crippen LogP contribution >= 0.6 is 11.3 Å². The highest BCUT2D eigenvalue weighted by Gasteiger charge is 2.28. The SMILES string of the molecule is CCOC(=O)c1c(CC(=O)CN2CCN(Cc3ccccc3)CC2)sc2c1CCCC2. The zero-order valence-electron chi connectivity index (χ0n) is 18.4. The van der Waals surface area contributed by atoms with Crippen molar-refractivity contribution in [1.29, 1.82) is 0 Å². The van der Waals surface area contributed by atoms with Gasteiger partial charge in [0.1, 0.15) is 0 Å². The summed E-state index contributed by atoms with van der Waals surface area (Å²) in [6.45, 7) is 7.39. The Balaban J connectivity index is 1.33. The first-order valence-corrected chi connectivity index (χ1v) is 12.3. The third kappa shape index (κ3) is 5.62. The molecule has 0 bridgehead atoms. The smallest absolute Gasteiger partial charge is 0.339 e. The topological polar surface area (TPSA) is 49.9 Å². The number of benzene rings is 1. The fourth-order valence-electron chi connectivity index (χ4n) is 4.62. The molecule has 6 heteroatoms. The van der Waals surface area contributed by atoms with Gasteiger partial charge in [-0.3, -0.25) is 14.6 Å². The van der Waals surface area contributed by atoms with Gasteiger partial charge in [-0.2, -0.15) is 0 Å². The molecule has 1 fully saturated rings. The summed E-state index contributed by atoms with van der Waals surface area (Å²) in [5, 5.41) is 0. The summed E-state index contributed by atoms with van der Waals surface area (Å²) < 4.78 is 5.33. The largest absolute Gasteiger partial charge is 0.462 e. The number of fused-ring (bicyclic) bond motifs is 1. The third-order valence-electron chi connectivity index (χ3n) is 6.20. The van der Waals surface area contributed by atoms with E-state index in [0.717, 1.165) is 68.8 Å². The van der Waals surface area contributed by atoms with Crippen molar-refractivity contribution >= 4 is 23.1 Å². The van der Waals surface area contributed by atoms with Gasteiger partial charge in [0.05, 0.1) is 18.7 Å². The first-order valence-electron chi connectivity index (χ1n) is 11.4. The zero-order chi connectivity index (χ0) is 21.6. The minimum atomic E-state index is -0.251. The van der Waals surface area contributed by atoms with Crippen LogP contribution in [-0.2, 0) is 35.3 Å². The van der Waals surface area contributed by atoms with E-state index in [1.54, 1.807) is 11.3 Å². The second-order valence-corrected chi connectivity index (χ2v) is 9.67. The molecule has 2 aliphatic rings. The highest BCUT2D eigenvalue weighted by molar-refractivity contribution is 7.12. The van der Waals surface area contributed by atoms with E-state index in [0.29, 0.717) is 25.1 Å². The van der Waals surface area contributed by atoms with Gasteiger partial charge in [0.25, 0.3) is 0 Å². The van der Waals surface area contributed by atoms with Crippen LogP contribution in [0.2, 0.25) is 0 Å². The lowest BCUT2D eigenvalue weighted by atomic mass is 9.94. The lowest BCUT2D eigenvalue weighted by Crippen LogP contribution is -2.47. The molecule has 31 heavy (non-hydrogen) atoms. The molecule has 1 aromatic heterocycles. The Morgan fingerprint density at radius 1 is 1.00 bits per heavy atom. The number of hydrogen-bond acceptors (Lipinski definition) is 6. The number of carbonyl (C=O) groups excluding carboxylic acids is 2. The molecule has 0 N–H and O–H groups in total. The second kappa shape index (κ2) is 10.5. The van der Waals surface area contributed by atoms with Crippen molar-refractivity contribution in [3.05, 3.63) is 56.8 Å². The van der Waals surface area contributed by atoms with Crippen LogP contribution in [0.5, 0.6) is 0 Å². The average Bonchev–Trinajstić information content (AvgIpc) is 3.13. The number of piperazine rings is 1. The molecular formula is C25H32N2O3S. The molecule has 0 amide bonds. The molecule has 5 nitrogen and oxygen atoms in total. The van der Waals surface area contributed by atoms with Crippen molar-refractivity contribution < 1.29 is 14.3 Å². The Bertz CT molecular complexity index is 901. The third-order valence-corrected chi connectivity index (χ3v) is 7.49. The van der Waals surface area contributed by atoms with Gasteiger partial charge in [0, 0.05) is 48.9 Å². The maximum atomic E-state index is 12.9. The van der Waals surface area contributed by atoms with Gasteiger partial charge in [0.2, 0.25) is 0 Å². The van der Waals surface area contributed by atoms with Crippen molar-refractivity contribution in [3.8, 4) is 0 Å². The van der Waals surface area contributed by atoms with Crippen LogP contribution in [0.1, 0.15) is 51.0 Å². The van der Waals surface area contributed by atoms with Crippen LogP contribution in [0.3, 0.4) is 0 Å². The number of thiophene rings is 1. The molecule has 4 rings (SSSR count). The molecule has 1 aliphatic heterocycles. The van der Waals surface area contributed by atoms with E-state index in [-0.39, 0.29) is 11.8 Å². The van der Waals surface area contributed by atoms with E-state index in [9.17, 15) is 9.59 Å². The number of ether oxygens (including phenoxy) is 1. The van der Waals surface area contributed by atoms with Gasteiger partial charge in [-0.15, -0.1) is 11.3 Å². The van der Waals surface area contributed by atoms with Crippen LogP contribution in [0.4, 0.5) is 0 Å². The number of Topliss-reactive ketones (excluding diaryl/α,β-unsaturated/α-hetero) is 1. The van der Waals surface area contributed by atoms with Crippen LogP contribution < -0.4 is 0 Å². The molecular weight excluding hydrogens is 408 g/mol. The number of aryl methyl sites for hydroxylation is 1. The van der Waals surface area contributed by atoms with Gasteiger partial charge < -0.3 is 4.74 Å². The predicted octanol–water partition coefficient (Wildman–Crippen LogP) is 3.73. The van der Waals surface area contributed by atoms with Crippen molar-refractivity contribution in [2.45, 2.75) is 45.6 Å². The number of esters is 1. The first kappa shape index (κ1) is 22.2. The van der Waals surface area contributed by atoms with Crippen LogP contribution in [0, 0.1) is 0 Å². The molecule has 166 valence electrons. The summed E-state index contributed by atoms with van der Waals surface area (Å²) in [4.78, 5) is 32.4. The van der Waals surface area contributed by atoms with Gasteiger partial charge in [-0.05, 0) is 43.7 Å². The van der Waals surface area contributed by atoms with Crippen LogP contribution in [-0.4, -0.2) is 60.9 Å². The summed E-state index contributed by atoms with van der Waals surface area (Å²) in [5.74, 6) is -0.0557. The molecule has 2 aromatic rings. The molecule has 1 aliphatic carbocycles. The van der Waals surface area contributed by atoms with Crippen molar-refractivity contribution in [2.75, 3.05) is 39.3 Å². The Morgan fingerprint density at radius 2 is 1.71 bits per heavy atom. The maximum Gasteiger partial charge on any atom is 0.339 e. The number of ketones is 1. The quantitative estimate of drug-likeness (QED) is 0.586. The normalized spacial score (nSPS) is 17.3. The van der Waals surface area contributed by atoms with E-state index >= 15 is 0 Å². The Kier molecular flexibility index (Phi) is 7.54. The number of rotatable bonds is 8. The fraction of sp³-hybridized carbons (Fsp3) is 0.520. The number of hydrogen-bond donors (Lipinski definition) is 0. The summed E-state index contributed by atoms with van der Waals surface area (Å²) in [5.41, 5.74) is 3.18. The van der Waals surface area contributed by atoms with Crippen LogP contribution in [0.15, 0.2) is 30.3 Å². The minimum absolute atomic E-state index is 0.195. The molecule has 0 spiro atoms. The first-order chi connectivity index (χ1) is 15.1. The van der Waals surface area contributed by atoms with E-state index < -0.39 is 0 Å². The summed E-state index contributed by atoms with van der Waals surface area (Å²) in [6, 6.07) is 10.5. The number of nitrogens with zero attached hydrogens (tertiary/aromatic N) is 2. The molecule has 0 atom stereocenters. The summed E-state index contributed by atoms with van der Waals surface area (Å²) >= 11 is 1.66. The maximum absolute atomic E-state index is 12.9. The molecule has 1 aromatic carbocycles. The van der Waals surface area contributed by atoms with Crippen molar-refractivity contribution in [2.24, 2.45) is 0 Å². The highest BCUT2D eigenvalue weighted by atomic mass is 32.1. The highest BCUT2D eigenvalue weighted by Crippen LogP contribution is 2.35. The average molecular weight is 441 g/mol. The predicted molar refractivity (Wildman–Crippen MR) is 124 cm³/mol. The summed E-state index contributed by atoms with van der Waals surface area (Å²) in [7, 11) is 0. The van der Waals surface area contributed by atoms with Gasteiger partial charge in [0.15, 0.2) is 5.78 Å². The fourth-order valence-corrected chi connectivity index (χ4v) is 6.03. The molecule has 0 unspecified atom stereocenters. The van der Waals surface area contributed by atoms with Gasteiger partial charge >= 0.3 is 5.97 Å². The molecule has 0 radical (unpaired) electrons. The van der Waals surface area contributed by atoms with E-state index in [1.807, 2.05) is 13.0 Å². The standard InChI is InChI=1S/C25H32N2O3S/c1-2-30-25(29)24-21-10-6-7-11-22(21)31-23(24)16-20(28)18-27-14-12-26(13-15-27)17-19-8-4-3-5-9-19/h3-5,8-9H,2,6-7,10-18H2,1H3. The van der Waals surface area contributed by atoms with E-state index in [1.165, 1.54) is 10.4 Å². The van der Waals surface area contributed by atoms with E-state index in [2.05, 4.69) is 34.1 Å². The van der Waals surface area contributed by atoms with Gasteiger partial charge in [-0.25, -0.2) is 4.79 Å². The summed E-state index contributed by atoms with van der Waals surface area (Å²) in [6.07, 6.45) is 4.56. The number of carbonyl (C=O) groups is 2. The van der Waals surface area contributed by atoms with E-state index in [4.69, 9.17) is 4.74 Å². The molecule has 1 saturated heterocycles. The lowest BCUT2D eigenvalue weighted by molar-refractivity contribution is -0.120. The lowest BCUT2D eigenvalue weighted by Gasteiger charge is -2.34. The van der Waals surface area contributed by atoms with Crippen LogP contribution in [0.25, 0.3) is 0 Å². The second-order valence-electron chi connectivity index (χ2n) is 8.48. The Labute approximate surface area is 189 Å². The Hall–Kier alpha value is -2.02. The van der Waals surface area contributed by atoms with Crippen molar-refractivity contribution in [1.82, 2.24) is 9.80 Å². The van der Waals surface area contributed by atoms with Crippen molar-refractivity contribution in [3.63, 3.8) is 0 Å². The Morgan fingerprint density at radius 3 is 2.45 bits per heavy atom. The molecule has 2 heterocycles. The molecule has 0 saturated carbocycles.